The Balaban J connectivity index is 1.40. The quantitative estimate of drug-likeness (QED) is 0.196. The van der Waals surface area contributed by atoms with Gasteiger partial charge in [-0.3, -0.25) is 9.52 Å². The van der Waals surface area contributed by atoms with Crippen molar-refractivity contribution in [3.8, 4) is 16.9 Å². The SMILES string of the molecule is COCCOCOc1ccc(N2CCc3cc(-c4cc(C5CCCCO5)cc(C(F)(F)F)c4)ccc3C2=O)cc1NS(C)(=O)=O. The van der Waals surface area contributed by atoms with E-state index < -0.39 is 27.9 Å². The standard InChI is InChI=1S/C32H35F3N2O7S/c1-41-13-14-42-20-44-30-9-7-26(19-28(30)36-45(2,39)40)37-11-10-22-15-21(6-8-27(22)31(37)38)23-16-24(29-5-3-4-12-43-29)18-25(17-23)32(33,34)35/h6-9,15-19,29,36H,3-5,10-14,20H2,1-2H3. The molecule has 0 bridgehead atoms. The van der Waals surface area contributed by atoms with Gasteiger partial charge in [0.1, 0.15) is 5.75 Å². The van der Waals surface area contributed by atoms with E-state index >= 15 is 0 Å². The monoisotopic (exact) mass is 648 g/mol. The number of amides is 1. The minimum atomic E-state index is -4.52. The van der Waals surface area contributed by atoms with Crippen LogP contribution < -0.4 is 14.4 Å². The maximum absolute atomic E-state index is 13.9. The van der Waals surface area contributed by atoms with Crippen LogP contribution in [0.4, 0.5) is 24.5 Å². The van der Waals surface area contributed by atoms with Crippen LogP contribution in [-0.4, -0.2) is 60.8 Å². The molecule has 1 N–H and O–H groups in total. The van der Waals surface area contributed by atoms with Crippen LogP contribution in [0.2, 0.25) is 0 Å². The van der Waals surface area contributed by atoms with Gasteiger partial charge < -0.3 is 23.8 Å². The van der Waals surface area contributed by atoms with E-state index in [0.717, 1.165) is 31.2 Å². The molecule has 0 radical (unpaired) electrons. The van der Waals surface area contributed by atoms with Crippen molar-refractivity contribution in [2.45, 2.75) is 38.0 Å². The van der Waals surface area contributed by atoms with Crippen LogP contribution in [0.25, 0.3) is 11.1 Å². The highest BCUT2D eigenvalue weighted by Crippen LogP contribution is 2.39. The molecule has 13 heteroatoms. The molecule has 45 heavy (non-hydrogen) atoms. The molecule has 0 aliphatic carbocycles. The number of fused-ring (bicyclic) bond motifs is 1. The maximum atomic E-state index is 13.9. The first-order chi connectivity index (χ1) is 21.4. The Morgan fingerprint density at radius 2 is 1.84 bits per heavy atom. The lowest BCUT2D eigenvalue weighted by atomic mass is 9.91. The van der Waals surface area contributed by atoms with Crippen molar-refractivity contribution in [2.75, 3.05) is 56.1 Å². The van der Waals surface area contributed by atoms with E-state index in [1.54, 1.807) is 36.4 Å². The molecule has 1 unspecified atom stereocenters. The van der Waals surface area contributed by atoms with Crippen LogP contribution in [-0.2, 0) is 36.8 Å². The second kappa shape index (κ2) is 13.8. The first kappa shape index (κ1) is 32.7. The van der Waals surface area contributed by atoms with Gasteiger partial charge in [-0.15, -0.1) is 0 Å². The van der Waals surface area contributed by atoms with Gasteiger partial charge in [-0.2, -0.15) is 13.2 Å². The molecule has 0 aromatic heterocycles. The molecular weight excluding hydrogens is 613 g/mol. The summed E-state index contributed by atoms with van der Waals surface area (Å²) in [4.78, 5) is 15.1. The number of hydrogen-bond donors (Lipinski definition) is 1. The molecule has 0 spiro atoms. The Morgan fingerprint density at radius 3 is 2.56 bits per heavy atom. The zero-order chi connectivity index (χ0) is 32.2. The zero-order valence-corrected chi connectivity index (χ0v) is 25.8. The van der Waals surface area contributed by atoms with Gasteiger partial charge in [-0.25, -0.2) is 8.42 Å². The predicted molar refractivity (Wildman–Crippen MR) is 163 cm³/mol. The van der Waals surface area contributed by atoms with E-state index in [2.05, 4.69) is 4.72 Å². The number of carbonyl (C=O) groups excluding carboxylic acids is 1. The highest BCUT2D eigenvalue weighted by atomic mass is 32.2. The lowest BCUT2D eigenvalue weighted by Gasteiger charge is -2.30. The summed E-state index contributed by atoms with van der Waals surface area (Å²) in [6.45, 7) is 1.31. The summed E-state index contributed by atoms with van der Waals surface area (Å²) in [5, 5.41) is 0. The molecule has 2 aliphatic heterocycles. The molecule has 1 saturated heterocycles. The summed E-state index contributed by atoms with van der Waals surface area (Å²) in [7, 11) is -2.14. The fourth-order valence-corrected chi connectivity index (χ4v) is 6.04. The van der Waals surface area contributed by atoms with Crippen molar-refractivity contribution in [1.29, 1.82) is 0 Å². The predicted octanol–water partition coefficient (Wildman–Crippen LogP) is 6.19. The van der Waals surface area contributed by atoms with Gasteiger partial charge in [-0.1, -0.05) is 12.1 Å². The summed E-state index contributed by atoms with van der Waals surface area (Å²) in [6, 6.07) is 13.8. The number of nitrogens with zero attached hydrogens (tertiary/aromatic N) is 1. The molecule has 3 aromatic rings. The number of alkyl halides is 3. The topological polar surface area (TPSA) is 103 Å². The van der Waals surface area contributed by atoms with Gasteiger partial charge in [0.15, 0.2) is 6.79 Å². The highest BCUT2D eigenvalue weighted by molar-refractivity contribution is 7.92. The average molecular weight is 649 g/mol. The van der Waals surface area contributed by atoms with Crippen LogP contribution in [0.15, 0.2) is 54.6 Å². The molecular formula is C32H35F3N2O7S. The molecule has 1 fully saturated rings. The summed E-state index contributed by atoms with van der Waals surface area (Å²) in [6.07, 6.45) is -1.04. The number of ether oxygens (including phenoxy) is 4. The molecule has 2 heterocycles. The molecule has 242 valence electrons. The first-order valence-corrected chi connectivity index (χ1v) is 16.4. The van der Waals surface area contributed by atoms with Crippen LogP contribution in [0, 0.1) is 0 Å². The lowest BCUT2D eigenvalue weighted by molar-refractivity contribution is -0.137. The third-order valence-corrected chi connectivity index (χ3v) is 8.24. The van der Waals surface area contributed by atoms with E-state index in [1.165, 1.54) is 18.1 Å². The molecule has 9 nitrogen and oxygen atoms in total. The summed E-state index contributed by atoms with van der Waals surface area (Å²) < 4.78 is 89.7. The fraction of sp³-hybridized carbons (Fsp3) is 0.406. The number of halogens is 3. The second-order valence-corrected chi connectivity index (χ2v) is 12.7. The normalized spacial score (nSPS) is 17.2. The van der Waals surface area contributed by atoms with Gasteiger partial charge in [0, 0.05) is 31.5 Å². The molecule has 1 amide bonds. The number of rotatable bonds is 11. The van der Waals surface area contributed by atoms with Crippen LogP contribution in [0.5, 0.6) is 5.75 Å². The average Bonchev–Trinajstić information content (AvgIpc) is 3.00. The summed E-state index contributed by atoms with van der Waals surface area (Å²) in [5.41, 5.74) is 2.45. The van der Waals surface area contributed by atoms with Crippen molar-refractivity contribution in [1.82, 2.24) is 0 Å². The lowest BCUT2D eigenvalue weighted by Crippen LogP contribution is -2.37. The van der Waals surface area contributed by atoms with Crippen molar-refractivity contribution in [3.63, 3.8) is 0 Å². The smallest absolute Gasteiger partial charge is 0.416 e. The number of benzene rings is 3. The van der Waals surface area contributed by atoms with E-state index in [-0.39, 0.29) is 37.3 Å². The van der Waals surface area contributed by atoms with Gasteiger partial charge in [0.05, 0.1) is 36.8 Å². The van der Waals surface area contributed by atoms with Crippen molar-refractivity contribution >= 4 is 27.3 Å². The summed E-state index contributed by atoms with van der Waals surface area (Å²) >= 11 is 0. The van der Waals surface area contributed by atoms with E-state index in [0.29, 0.717) is 59.6 Å². The van der Waals surface area contributed by atoms with Crippen molar-refractivity contribution < 1.29 is 45.3 Å². The van der Waals surface area contributed by atoms with Gasteiger partial charge in [0.2, 0.25) is 10.0 Å². The Kier molecular flexibility index (Phi) is 10.0. The first-order valence-electron chi connectivity index (χ1n) is 14.5. The van der Waals surface area contributed by atoms with E-state index in [4.69, 9.17) is 18.9 Å². The van der Waals surface area contributed by atoms with Gasteiger partial charge in [0.25, 0.3) is 5.91 Å². The van der Waals surface area contributed by atoms with Gasteiger partial charge in [-0.05, 0) is 90.4 Å². The number of anilines is 2. The molecule has 3 aromatic carbocycles. The van der Waals surface area contributed by atoms with Crippen LogP contribution >= 0.6 is 0 Å². The maximum Gasteiger partial charge on any atom is 0.416 e. The number of nitrogens with one attached hydrogen (secondary N) is 1. The summed E-state index contributed by atoms with van der Waals surface area (Å²) in [5.74, 6) is -0.0971. The molecule has 0 saturated carbocycles. The number of sulfonamides is 1. The molecule has 2 aliphatic rings. The second-order valence-electron chi connectivity index (χ2n) is 11.0. The van der Waals surface area contributed by atoms with Crippen LogP contribution in [0.3, 0.4) is 0 Å². The van der Waals surface area contributed by atoms with Gasteiger partial charge >= 0.3 is 6.18 Å². The number of carbonyl (C=O) groups is 1. The minimum absolute atomic E-state index is 0.138. The largest absolute Gasteiger partial charge is 0.465 e. The highest BCUT2D eigenvalue weighted by Gasteiger charge is 2.33. The molecule has 5 rings (SSSR count). The van der Waals surface area contributed by atoms with Crippen molar-refractivity contribution in [2.24, 2.45) is 0 Å². The molecule has 1 atom stereocenters. The van der Waals surface area contributed by atoms with E-state index in [1.807, 2.05) is 0 Å². The Labute approximate surface area is 260 Å². The number of methoxy groups -OCH3 is 1. The minimum Gasteiger partial charge on any atom is -0.465 e. The third-order valence-electron chi connectivity index (χ3n) is 7.65. The Morgan fingerprint density at radius 1 is 1.02 bits per heavy atom. The van der Waals surface area contributed by atoms with Crippen LogP contribution in [0.1, 0.15) is 52.4 Å². The zero-order valence-electron chi connectivity index (χ0n) is 25.0. The van der Waals surface area contributed by atoms with E-state index in [9.17, 15) is 26.4 Å². The Bertz CT molecular complexity index is 1640. The van der Waals surface area contributed by atoms with Crippen molar-refractivity contribution in [3.05, 3.63) is 76.9 Å². The number of hydrogen-bond acceptors (Lipinski definition) is 7. The Hall–Kier alpha value is -3.65. The third kappa shape index (κ3) is 8.15. The fourth-order valence-electron chi connectivity index (χ4n) is 5.48.